The van der Waals surface area contributed by atoms with Gasteiger partial charge < -0.3 is 5.11 Å². The number of aromatic carboxylic acids is 1. The maximum Gasteiger partial charge on any atom is 0.342 e. The van der Waals surface area contributed by atoms with Crippen molar-refractivity contribution in [3.63, 3.8) is 0 Å². The van der Waals surface area contributed by atoms with Gasteiger partial charge in [0.2, 0.25) is 0 Å². The average molecular weight is 244 g/mol. The summed E-state index contributed by atoms with van der Waals surface area (Å²) in [6, 6.07) is 9.09. The van der Waals surface area contributed by atoms with Gasteiger partial charge in [-0.05, 0) is 24.3 Å². The lowest BCUT2D eigenvalue weighted by Gasteiger charge is -2.02. The number of carboxylic acids is 1. The van der Waals surface area contributed by atoms with E-state index in [0.29, 0.717) is 11.3 Å². The van der Waals surface area contributed by atoms with Gasteiger partial charge in [0.1, 0.15) is 5.56 Å². The molecular formula is C12H8N2O4. The molecule has 18 heavy (non-hydrogen) atoms. The Morgan fingerprint density at radius 3 is 2.61 bits per heavy atom. The molecular weight excluding hydrogens is 236 g/mol. The molecule has 1 aromatic heterocycles. The Hall–Kier alpha value is -2.76. The predicted octanol–water partition coefficient (Wildman–Crippen LogP) is 2.36. The highest BCUT2D eigenvalue weighted by Crippen LogP contribution is 2.25. The second-order valence-corrected chi connectivity index (χ2v) is 3.51. The molecule has 0 aliphatic carbocycles. The van der Waals surface area contributed by atoms with Gasteiger partial charge >= 0.3 is 5.97 Å². The number of rotatable bonds is 3. The highest BCUT2D eigenvalue weighted by atomic mass is 16.6. The Kier molecular flexibility index (Phi) is 3.01. The first-order valence-corrected chi connectivity index (χ1v) is 5.03. The van der Waals surface area contributed by atoms with Gasteiger partial charge in [0.05, 0.1) is 10.6 Å². The Labute approximate surface area is 102 Å². The number of hydrogen-bond donors (Lipinski definition) is 1. The number of nitro benzene ring substituents is 1. The van der Waals surface area contributed by atoms with Crippen molar-refractivity contribution in [3.8, 4) is 11.3 Å². The predicted molar refractivity (Wildman–Crippen MR) is 63.3 cm³/mol. The molecule has 0 fully saturated rings. The molecule has 2 aromatic rings. The molecule has 6 nitrogen and oxygen atoms in total. The van der Waals surface area contributed by atoms with Crippen LogP contribution in [0.5, 0.6) is 0 Å². The van der Waals surface area contributed by atoms with Crippen molar-refractivity contribution in [2.75, 3.05) is 0 Å². The number of nitrogens with zero attached hydrogens (tertiary/aromatic N) is 2. The van der Waals surface area contributed by atoms with Crippen molar-refractivity contribution < 1.29 is 14.8 Å². The van der Waals surface area contributed by atoms with Crippen LogP contribution in [0.1, 0.15) is 10.4 Å². The van der Waals surface area contributed by atoms with Crippen LogP contribution in [-0.2, 0) is 0 Å². The van der Waals surface area contributed by atoms with Gasteiger partial charge in [0, 0.05) is 17.8 Å². The van der Waals surface area contributed by atoms with E-state index in [9.17, 15) is 14.9 Å². The summed E-state index contributed by atoms with van der Waals surface area (Å²) in [5.41, 5.74) is 0.318. The largest absolute Gasteiger partial charge is 0.477 e. The van der Waals surface area contributed by atoms with Gasteiger partial charge in [-0.2, -0.15) is 0 Å². The van der Waals surface area contributed by atoms with Crippen LogP contribution in [0.15, 0.2) is 42.6 Å². The number of aromatic nitrogens is 1. The van der Waals surface area contributed by atoms with Crippen LogP contribution >= 0.6 is 0 Å². The standard InChI is InChI=1S/C12H8N2O4/c15-12(16)9-7-8(4-5-11(9)14(17)18)10-3-1-2-6-13-10/h1-7H,(H,15,16). The maximum absolute atomic E-state index is 11.0. The van der Waals surface area contributed by atoms with E-state index in [1.807, 2.05) is 0 Å². The molecule has 0 unspecified atom stereocenters. The fourth-order valence-corrected chi connectivity index (χ4v) is 1.56. The first kappa shape index (κ1) is 11.7. The van der Waals surface area contributed by atoms with Crippen molar-refractivity contribution in [2.45, 2.75) is 0 Å². The van der Waals surface area contributed by atoms with E-state index in [1.165, 1.54) is 18.2 Å². The molecule has 0 atom stereocenters. The van der Waals surface area contributed by atoms with Gasteiger partial charge in [0.15, 0.2) is 0 Å². The third-order valence-electron chi connectivity index (χ3n) is 2.38. The minimum Gasteiger partial charge on any atom is -0.477 e. The van der Waals surface area contributed by atoms with Crippen LogP contribution in [0.25, 0.3) is 11.3 Å². The molecule has 0 amide bonds. The number of pyridine rings is 1. The molecule has 2 rings (SSSR count). The highest BCUT2D eigenvalue weighted by molar-refractivity contribution is 5.93. The SMILES string of the molecule is O=C(O)c1cc(-c2ccccn2)ccc1[N+](=O)[O-]. The van der Waals surface area contributed by atoms with Gasteiger partial charge in [-0.1, -0.05) is 6.07 Å². The summed E-state index contributed by atoms with van der Waals surface area (Å²) in [4.78, 5) is 25.0. The summed E-state index contributed by atoms with van der Waals surface area (Å²) in [6.45, 7) is 0. The van der Waals surface area contributed by atoms with Gasteiger partial charge in [-0.25, -0.2) is 4.79 Å². The lowest BCUT2D eigenvalue weighted by molar-refractivity contribution is -0.385. The van der Waals surface area contributed by atoms with Crippen LogP contribution in [0.3, 0.4) is 0 Å². The summed E-state index contributed by atoms with van der Waals surface area (Å²) in [6.07, 6.45) is 1.57. The smallest absolute Gasteiger partial charge is 0.342 e. The normalized spacial score (nSPS) is 10.0. The second kappa shape index (κ2) is 4.62. The van der Waals surface area contributed by atoms with Crippen molar-refractivity contribution >= 4 is 11.7 Å². The first-order chi connectivity index (χ1) is 8.59. The summed E-state index contributed by atoms with van der Waals surface area (Å²) < 4.78 is 0. The van der Waals surface area contributed by atoms with Crippen LogP contribution < -0.4 is 0 Å². The maximum atomic E-state index is 11.0. The van der Waals surface area contributed by atoms with E-state index in [1.54, 1.807) is 24.4 Å². The van der Waals surface area contributed by atoms with E-state index in [4.69, 9.17) is 5.11 Å². The number of nitro groups is 1. The minimum atomic E-state index is -1.33. The Morgan fingerprint density at radius 2 is 2.06 bits per heavy atom. The van der Waals surface area contributed by atoms with Gasteiger partial charge in [-0.3, -0.25) is 15.1 Å². The van der Waals surface area contributed by atoms with E-state index >= 15 is 0 Å². The minimum absolute atomic E-state index is 0.344. The monoisotopic (exact) mass is 244 g/mol. The molecule has 0 saturated carbocycles. The quantitative estimate of drug-likeness (QED) is 0.660. The second-order valence-electron chi connectivity index (χ2n) is 3.51. The zero-order valence-corrected chi connectivity index (χ0v) is 9.11. The first-order valence-electron chi connectivity index (χ1n) is 5.03. The molecule has 1 N–H and O–H groups in total. The molecule has 1 heterocycles. The Balaban J connectivity index is 2.57. The van der Waals surface area contributed by atoms with Gasteiger partial charge in [-0.15, -0.1) is 0 Å². The summed E-state index contributed by atoms with van der Waals surface area (Å²) in [5.74, 6) is -1.33. The summed E-state index contributed by atoms with van der Waals surface area (Å²) in [5, 5.41) is 19.7. The highest BCUT2D eigenvalue weighted by Gasteiger charge is 2.20. The lowest BCUT2D eigenvalue weighted by atomic mass is 10.1. The van der Waals surface area contributed by atoms with Gasteiger partial charge in [0.25, 0.3) is 5.69 Å². The number of carbonyl (C=O) groups is 1. The third-order valence-corrected chi connectivity index (χ3v) is 2.38. The Bertz CT molecular complexity index is 611. The zero-order valence-electron chi connectivity index (χ0n) is 9.11. The van der Waals surface area contributed by atoms with Crippen LogP contribution in [0.4, 0.5) is 5.69 Å². The molecule has 0 spiro atoms. The number of benzene rings is 1. The Morgan fingerprint density at radius 1 is 1.28 bits per heavy atom. The molecule has 0 aliphatic rings. The molecule has 0 saturated heterocycles. The van der Waals surface area contributed by atoms with E-state index in [2.05, 4.69) is 4.98 Å². The van der Waals surface area contributed by atoms with E-state index in [0.717, 1.165) is 0 Å². The van der Waals surface area contributed by atoms with Crippen LogP contribution in [0, 0.1) is 10.1 Å². The van der Waals surface area contributed by atoms with E-state index in [-0.39, 0.29) is 5.56 Å². The molecule has 1 aromatic carbocycles. The zero-order chi connectivity index (χ0) is 13.1. The number of hydrogen-bond acceptors (Lipinski definition) is 4. The van der Waals surface area contributed by atoms with Crippen LogP contribution in [-0.4, -0.2) is 21.0 Å². The van der Waals surface area contributed by atoms with E-state index < -0.39 is 16.6 Å². The summed E-state index contributed by atoms with van der Waals surface area (Å²) in [7, 11) is 0. The molecule has 0 bridgehead atoms. The lowest BCUT2D eigenvalue weighted by Crippen LogP contribution is -2.03. The molecule has 6 heteroatoms. The van der Waals surface area contributed by atoms with Crippen molar-refractivity contribution in [1.82, 2.24) is 4.98 Å². The average Bonchev–Trinajstić information content (AvgIpc) is 2.39. The van der Waals surface area contributed by atoms with Crippen molar-refractivity contribution in [3.05, 3.63) is 58.3 Å². The van der Waals surface area contributed by atoms with Crippen molar-refractivity contribution in [2.24, 2.45) is 0 Å². The fourth-order valence-electron chi connectivity index (χ4n) is 1.56. The van der Waals surface area contributed by atoms with Crippen LogP contribution in [0.2, 0.25) is 0 Å². The fraction of sp³-hybridized carbons (Fsp3) is 0. The third kappa shape index (κ3) is 2.17. The molecule has 90 valence electrons. The topological polar surface area (TPSA) is 93.3 Å². The molecule has 0 radical (unpaired) electrons. The number of carboxylic acid groups (broad SMARTS) is 1. The van der Waals surface area contributed by atoms with Crippen molar-refractivity contribution in [1.29, 1.82) is 0 Å². The summed E-state index contributed by atoms with van der Waals surface area (Å²) >= 11 is 0. The molecule has 0 aliphatic heterocycles.